The van der Waals surface area contributed by atoms with E-state index in [-0.39, 0.29) is 18.2 Å². The SMILES string of the molecule is CC(C)[C@@H](OC(=O)c1cc(C(F)(F)F)cc(C(F)(F)F)c1)C(=O)NC(N)=O. The molecule has 0 radical (unpaired) electrons. The van der Waals surface area contributed by atoms with Crippen LogP contribution in [-0.4, -0.2) is 24.0 Å². The Hall–Kier alpha value is -2.79. The van der Waals surface area contributed by atoms with E-state index in [1.807, 2.05) is 0 Å². The van der Waals surface area contributed by atoms with Crippen LogP contribution >= 0.6 is 0 Å². The zero-order valence-electron chi connectivity index (χ0n) is 13.9. The van der Waals surface area contributed by atoms with E-state index >= 15 is 0 Å². The maximum Gasteiger partial charge on any atom is 0.416 e. The molecule has 3 N–H and O–H groups in total. The molecule has 0 unspecified atom stereocenters. The van der Waals surface area contributed by atoms with Crippen molar-refractivity contribution < 1.29 is 45.5 Å². The van der Waals surface area contributed by atoms with Crippen LogP contribution in [-0.2, 0) is 21.9 Å². The van der Waals surface area contributed by atoms with Crippen LogP contribution < -0.4 is 11.1 Å². The minimum atomic E-state index is -5.16. The second-order valence-corrected chi connectivity index (χ2v) is 5.72. The number of urea groups is 1. The molecular weight excluding hydrogens is 386 g/mol. The zero-order chi connectivity index (χ0) is 21.2. The largest absolute Gasteiger partial charge is 0.448 e. The summed E-state index contributed by atoms with van der Waals surface area (Å²) >= 11 is 0. The minimum Gasteiger partial charge on any atom is -0.448 e. The van der Waals surface area contributed by atoms with Crippen molar-refractivity contribution in [3.63, 3.8) is 0 Å². The van der Waals surface area contributed by atoms with Gasteiger partial charge in [-0.1, -0.05) is 13.8 Å². The molecule has 3 amide bonds. The van der Waals surface area contributed by atoms with Crippen molar-refractivity contribution in [2.75, 3.05) is 0 Å². The molecule has 0 aliphatic carbocycles. The van der Waals surface area contributed by atoms with Gasteiger partial charge in [0.25, 0.3) is 5.91 Å². The van der Waals surface area contributed by atoms with Gasteiger partial charge in [-0.25, -0.2) is 9.59 Å². The molecule has 27 heavy (non-hydrogen) atoms. The quantitative estimate of drug-likeness (QED) is 0.599. The van der Waals surface area contributed by atoms with E-state index in [0.29, 0.717) is 0 Å². The van der Waals surface area contributed by atoms with Crippen LogP contribution in [0.5, 0.6) is 0 Å². The summed E-state index contributed by atoms with van der Waals surface area (Å²) in [5.41, 5.74) is 0.255. The fraction of sp³-hybridized carbons (Fsp3) is 0.400. The van der Waals surface area contributed by atoms with Gasteiger partial charge in [-0.2, -0.15) is 26.3 Å². The van der Waals surface area contributed by atoms with Crippen LogP contribution in [0.25, 0.3) is 0 Å². The Morgan fingerprint density at radius 3 is 1.74 bits per heavy atom. The van der Waals surface area contributed by atoms with Crippen molar-refractivity contribution in [2.45, 2.75) is 32.3 Å². The highest BCUT2D eigenvalue weighted by molar-refractivity contribution is 5.98. The highest BCUT2D eigenvalue weighted by Crippen LogP contribution is 2.36. The number of nitrogens with two attached hydrogens (primary N) is 1. The number of ether oxygens (including phenoxy) is 1. The number of amides is 3. The Balaban J connectivity index is 3.28. The number of esters is 1. The Labute approximate surface area is 148 Å². The monoisotopic (exact) mass is 400 g/mol. The van der Waals surface area contributed by atoms with Gasteiger partial charge in [0.2, 0.25) is 0 Å². The average Bonchev–Trinajstić information content (AvgIpc) is 2.49. The lowest BCUT2D eigenvalue weighted by molar-refractivity contribution is -0.143. The number of hydrogen-bond acceptors (Lipinski definition) is 4. The molecule has 12 heteroatoms. The van der Waals surface area contributed by atoms with E-state index < -0.39 is 59.0 Å². The molecule has 0 aliphatic heterocycles. The van der Waals surface area contributed by atoms with Crippen molar-refractivity contribution >= 4 is 17.9 Å². The smallest absolute Gasteiger partial charge is 0.416 e. The molecule has 150 valence electrons. The minimum absolute atomic E-state index is 0.156. The van der Waals surface area contributed by atoms with Gasteiger partial charge < -0.3 is 10.5 Å². The van der Waals surface area contributed by atoms with Crippen LogP contribution in [0.1, 0.15) is 35.3 Å². The van der Waals surface area contributed by atoms with Crippen molar-refractivity contribution in [3.8, 4) is 0 Å². The number of carbonyl (C=O) groups excluding carboxylic acids is 3. The number of nitrogens with one attached hydrogen (secondary N) is 1. The molecule has 1 aromatic rings. The van der Waals surface area contributed by atoms with Crippen LogP contribution in [0.15, 0.2) is 18.2 Å². The topological polar surface area (TPSA) is 98.5 Å². The number of rotatable bonds is 4. The number of alkyl halides is 6. The Morgan fingerprint density at radius 1 is 0.963 bits per heavy atom. The second-order valence-electron chi connectivity index (χ2n) is 5.72. The number of halogens is 6. The van der Waals surface area contributed by atoms with Gasteiger partial charge >= 0.3 is 24.4 Å². The number of benzene rings is 1. The van der Waals surface area contributed by atoms with Crippen molar-refractivity contribution in [1.82, 2.24) is 5.32 Å². The summed E-state index contributed by atoms with van der Waals surface area (Å²) in [7, 11) is 0. The van der Waals surface area contributed by atoms with Gasteiger partial charge in [-0.05, 0) is 24.1 Å². The number of primary amides is 1. The maximum atomic E-state index is 12.8. The first-order valence-electron chi connectivity index (χ1n) is 7.23. The predicted octanol–water partition coefficient (Wildman–Crippen LogP) is 3.10. The Morgan fingerprint density at radius 2 is 1.41 bits per heavy atom. The highest BCUT2D eigenvalue weighted by atomic mass is 19.4. The highest BCUT2D eigenvalue weighted by Gasteiger charge is 2.38. The van der Waals surface area contributed by atoms with Gasteiger partial charge in [-0.15, -0.1) is 0 Å². The van der Waals surface area contributed by atoms with Crippen LogP contribution in [0, 0.1) is 5.92 Å². The van der Waals surface area contributed by atoms with E-state index in [1.165, 1.54) is 13.8 Å². The molecule has 0 heterocycles. The fourth-order valence-electron chi connectivity index (χ4n) is 1.94. The average molecular weight is 400 g/mol. The van der Waals surface area contributed by atoms with Gasteiger partial charge in [0.1, 0.15) is 0 Å². The fourth-order valence-corrected chi connectivity index (χ4v) is 1.94. The maximum absolute atomic E-state index is 12.8. The number of carbonyl (C=O) groups is 3. The summed E-state index contributed by atoms with van der Waals surface area (Å²) in [6, 6.07) is -1.10. The standard InChI is InChI=1S/C15H14F6N2O4/c1-6(2)10(11(24)23-13(22)26)27-12(25)7-3-8(14(16,17)18)5-9(4-7)15(19,20)21/h3-6,10H,1-2H3,(H3,22,23,24,26)/t10-/m1/s1. The van der Waals surface area contributed by atoms with Gasteiger partial charge in [-0.3, -0.25) is 10.1 Å². The molecule has 1 atom stereocenters. The van der Waals surface area contributed by atoms with Gasteiger partial charge in [0.15, 0.2) is 6.10 Å². The van der Waals surface area contributed by atoms with Crippen molar-refractivity contribution in [3.05, 3.63) is 34.9 Å². The van der Waals surface area contributed by atoms with Gasteiger partial charge in [0.05, 0.1) is 16.7 Å². The summed E-state index contributed by atoms with van der Waals surface area (Å²) in [5, 5.41) is 1.62. The van der Waals surface area contributed by atoms with Crippen LogP contribution in [0.3, 0.4) is 0 Å². The molecule has 0 aromatic heterocycles. The molecule has 0 saturated carbocycles. The first-order valence-corrected chi connectivity index (χ1v) is 7.23. The third-order valence-corrected chi connectivity index (χ3v) is 3.17. The van der Waals surface area contributed by atoms with E-state index in [4.69, 9.17) is 10.5 Å². The first-order chi connectivity index (χ1) is 12.1. The zero-order valence-corrected chi connectivity index (χ0v) is 13.9. The molecule has 0 bridgehead atoms. The lowest BCUT2D eigenvalue weighted by atomic mass is 10.0. The van der Waals surface area contributed by atoms with Crippen LogP contribution in [0.4, 0.5) is 31.1 Å². The van der Waals surface area contributed by atoms with E-state index in [1.54, 1.807) is 5.32 Å². The van der Waals surface area contributed by atoms with E-state index in [9.17, 15) is 40.7 Å². The molecular formula is C15H14F6N2O4. The molecule has 0 fully saturated rings. The van der Waals surface area contributed by atoms with E-state index in [0.717, 1.165) is 0 Å². The summed E-state index contributed by atoms with van der Waals surface area (Å²) in [6.07, 6.45) is -12.0. The van der Waals surface area contributed by atoms with Crippen molar-refractivity contribution in [2.24, 2.45) is 11.7 Å². The molecule has 0 spiro atoms. The van der Waals surface area contributed by atoms with E-state index in [2.05, 4.69) is 0 Å². The Kier molecular flexibility index (Phi) is 6.46. The summed E-state index contributed by atoms with van der Waals surface area (Å²) in [5.74, 6) is -3.54. The third-order valence-electron chi connectivity index (χ3n) is 3.17. The molecule has 0 saturated heterocycles. The first kappa shape index (κ1) is 22.3. The molecule has 0 aliphatic rings. The summed E-state index contributed by atoms with van der Waals surface area (Å²) in [4.78, 5) is 34.5. The third kappa shape index (κ3) is 6.15. The Bertz CT molecular complexity index is 711. The number of hydrogen-bond donors (Lipinski definition) is 2. The lowest BCUT2D eigenvalue weighted by Crippen LogP contribution is -2.45. The molecule has 6 nitrogen and oxygen atoms in total. The lowest BCUT2D eigenvalue weighted by Gasteiger charge is -2.20. The molecule has 1 rings (SSSR count). The number of imide groups is 1. The van der Waals surface area contributed by atoms with Crippen molar-refractivity contribution in [1.29, 1.82) is 0 Å². The summed E-state index contributed by atoms with van der Waals surface area (Å²) in [6.45, 7) is 2.73. The van der Waals surface area contributed by atoms with Gasteiger partial charge in [0, 0.05) is 0 Å². The molecule has 1 aromatic carbocycles. The van der Waals surface area contributed by atoms with Crippen LogP contribution in [0.2, 0.25) is 0 Å². The second kappa shape index (κ2) is 7.84. The summed E-state index contributed by atoms with van der Waals surface area (Å²) < 4.78 is 81.7. The predicted molar refractivity (Wildman–Crippen MR) is 78.2 cm³/mol. The normalized spacial score (nSPS) is 13.2.